The summed E-state index contributed by atoms with van der Waals surface area (Å²) < 4.78 is 13.3. The Bertz CT molecular complexity index is 1470. The van der Waals surface area contributed by atoms with Gasteiger partial charge in [0.2, 0.25) is 0 Å². The van der Waals surface area contributed by atoms with Gasteiger partial charge in [-0.25, -0.2) is 19.0 Å². The molecule has 2 atom stereocenters. The van der Waals surface area contributed by atoms with E-state index in [1.165, 1.54) is 18.0 Å². The van der Waals surface area contributed by atoms with Gasteiger partial charge in [0.1, 0.15) is 17.0 Å². The van der Waals surface area contributed by atoms with E-state index in [-0.39, 0.29) is 11.9 Å². The summed E-state index contributed by atoms with van der Waals surface area (Å²) in [5.41, 5.74) is 1.98. The van der Waals surface area contributed by atoms with Crippen LogP contribution in [0.25, 0.3) is 22.5 Å². The average Bonchev–Trinajstić information content (AvgIpc) is 3.67. The maximum atomic E-state index is 13.8. The molecule has 0 bridgehead atoms. The maximum Gasteiger partial charge on any atom is 0.410 e. The minimum absolute atomic E-state index is 0.135. The van der Waals surface area contributed by atoms with E-state index < -0.39 is 30.3 Å². The highest BCUT2D eigenvalue weighted by Crippen LogP contribution is 2.29. The lowest BCUT2D eigenvalue weighted by Gasteiger charge is -2.35. The number of hydrogen-bond donors (Lipinski definition) is 1. The monoisotopic (exact) mass is 610 g/mol. The van der Waals surface area contributed by atoms with E-state index in [9.17, 15) is 19.5 Å². The van der Waals surface area contributed by atoms with Crippen LogP contribution in [-0.2, 0) is 14.3 Å². The Balaban J connectivity index is 1.65. The Morgan fingerprint density at radius 1 is 0.886 bits per heavy atom. The van der Waals surface area contributed by atoms with Crippen molar-refractivity contribution < 1.29 is 29.0 Å². The van der Waals surface area contributed by atoms with Crippen molar-refractivity contribution in [3.63, 3.8) is 0 Å². The number of esters is 1. The molecule has 1 saturated heterocycles. The van der Waals surface area contributed by atoms with E-state index in [0.717, 1.165) is 6.42 Å². The summed E-state index contributed by atoms with van der Waals surface area (Å²) in [6.07, 6.45) is 3.90. The fourth-order valence-corrected chi connectivity index (χ4v) is 5.03. The summed E-state index contributed by atoms with van der Waals surface area (Å²) in [5.74, 6) is -0.393. The number of carbonyl (C=O) groups is 3. The molecular formula is C30H42N8O6. The highest BCUT2D eigenvalue weighted by atomic mass is 16.6. The highest BCUT2D eigenvalue weighted by molar-refractivity contribution is 5.97. The van der Waals surface area contributed by atoms with Crippen LogP contribution in [0, 0.1) is 5.92 Å². The normalized spacial score (nSPS) is 15.3. The van der Waals surface area contributed by atoms with E-state index in [1.807, 2.05) is 37.7 Å². The summed E-state index contributed by atoms with van der Waals surface area (Å²) in [7, 11) is 1.23. The molecule has 14 nitrogen and oxygen atoms in total. The quantitative estimate of drug-likeness (QED) is 0.357. The largest absolute Gasteiger partial charge is 0.467 e. The number of amides is 2. The summed E-state index contributed by atoms with van der Waals surface area (Å²) in [6.45, 7) is 12.7. The number of piperazine rings is 1. The van der Waals surface area contributed by atoms with Crippen molar-refractivity contribution in [2.45, 2.75) is 65.6 Å². The molecule has 2 aromatic heterocycles. The number of aliphatic hydroxyl groups excluding tert-OH is 1. The first-order valence-electron chi connectivity index (χ1n) is 14.7. The van der Waals surface area contributed by atoms with Crippen molar-refractivity contribution in [1.82, 2.24) is 39.8 Å². The second kappa shape index (κ2) is 13.5. The van der Waals surface area contributed by atoms with Crippen LogP contribution in [0.3, 0.4) is 0 Å². The summed E-state index contributed by atoms with van der Waals surface area (Å²) >= 11 is 0. The predicted octanol–water partition coefficient (Wildman–Crippen LogP) is 3.21. The zero-order chi connectivity index (χ0) is 32.2. The second-order valence-electron chi connectivity index (χ2n) is 12.4. The van der Waals surface area contributed by atoms with Gasteiger partial charge in [0.15, 0.2) is 6.04 Å². The first-order valence-corrected chi connectivity index (χ1v) is 14.7. The Morgan fingerprint density at radius 3 is 1.95 bits per heavy atom. The van der Waals surface area contributed by atoms with Crippen LogP contribution in [0.2, 0.25) is 0 Å². The van der Waals surface area contributed by atoms with Gasteiger partial charge in [0.05, 0.1) is 32.2 Å². The number of aromatic nitrogens is 6. The molecule has 2 amide bonds. The number of methoxy groups -OCH3 is 1. The number of ether oxygens (including phenoxy) is 2. The lowest BCUT2D eigenvalue weighted by atomic mass is 10.0. The fraction of sp³-hybridized carbons (Fsp3) is 0.567. The van der Waals surface area contributed by atoms with Crippen LogP contribution in [0.4, 0.5) is 4.79 Å². The molecule has 238 valence electrons. The van der Waals surface area contributed by atoms with Crippen molar-refractivity contribution in [3.8, 4) is 22.5 Å². The van der Waals surface area contributed by atoms with Gasteiger partial charge in [-0.2, -0.15) is 0 Å². The van der Waals surface area contributed by atoms with Gasteiger partial charge in [-0.1, -0.05) is 24.3 Å². The summed E-state index contributed by atoms with van der Waals surface area (Å²) in [5, 5.41) is 26.7. The number of benzene rings is 1. The van der Waals surface area contributed by atoms with Crippen molar-refractivity contribution in [2.24, 2.45) is 5.92 Å². The third kappa shape index (κ3) is 7.78. The van der Waals surface area contributed by atoms with Gasteiger partial charge in [0, 0.05) is 42.9 Å². The number of rotatable bonds is 9. The van der Waals surface area contributed by atoms with Gasteiger partial charge in [-0.15, -0.1) is 10.2 Å². The van der Waals surface area contributed by atoms with E-state index in [2.05, 4.69) is 41.4 Å². The Kier molecular flexibility index (Phi) is 10.0. The molecule has 1 aromatic carbocycles. The van der Waals surface area contributed by atoms with Gasteiger partial charge >= 0.3 is 12.1 Å². The molecule has 0 aliphatic carbocycles. The molecule has 0 radical (unpaired) electrons. The molecule has 44 heavy (non-hydrogen) atoms. The van der Waals surface area contributed by atoms with Crippen molar-refractivity contribution in [3.05, 3.63) is 36.2 Å². The van der Waals surface area contributed by atoms with E-state index in [4.69, 9.17) is 9.47 Å². The molecule has 0 unspecified atom stereocenters. The predicted molar refractivity (Wildman–Crippen MR) is 160 cm³/mol. The number of nitrogens with zero attached hydrogens (tertiary/aromatic N) is 8. The minimum atomic E-state index is -1.06. The molecule has 1 aliphatic rings. The molecule has 4 rings (SSSR count). The Labute approximate surface area is 256 Å². The molecule has 3 aromatic rings. The molecule has 0 spiro atoms. The zero-order valence-electron chi connectivity index (χ0n) is 26.4. The highest BCUT2D eigenvalue weighted by Gasteiger charge is 2.29. The second-order valence-corrected chi connectivity index (χ2v) is 12.4. The van der Waals surface area contributed by atoms with Crippen LogP contribution in [-0.4, -0.2) is 108 Å². The molecular weight excluding hydrogens is 568 g/mol. The standard InChI is InChI=1S/C30H42N8O6/c1-19(2)12-20(3)37-16-24(31-33-37)21-13-22(25-17-38(34-32-25)26(18-39)28(41)43-7)15-23(14-21)27(40)35-8-10-36(11-9-35)29(42)44-30(4,5)6/h13-17,19-20,26,39H,8-12,18H2,1-7H3/t20-,26+/m1/s1. The van der Waals surface area contributed by atoms with E-state index in [0.29, 0.717) is 60.2 Å². The SMILES string of the molecule is COC(=O)[C@H](CO)n1cc(-c2cc(C(=O)N3CCN(C(=O)OC(C)(C)C)CC3)cc(-c3cn([C@H](C)CC(C)C)nn3)c2)nn1. The van der Waals surface area contributed by atoms with Crippen LogP contribution >= 0.6 is 0 Å². The minimum Gasteiger partial charge on any atom is -0.467 e. The number of carbonyl (C=O) groups excluding carboxylic acids is 3. The van der Waals surface area contributed by atoms with Crippen molar-refractivity contribution >= 4 is 18.0 Å². The molecule has 1 fully saturated rings. The molecule has 14 heteroatoms. The Morgan fingerprint density at radius 2 is 1.43 bits per heavy atom. The third-order valence-electron chi connectivity index (χ3n) is 7.24. The molecule has 3 heterocycles. The lowest BCUT2D eigenvalue weighted by molar-refractivity contribution is -0.146. The smallest absolute Gasteiger partial charge is 0.410 e. The van der Waals surface area contributed by atoms with E-state index >= 15 is 0 Å². The zero-order valence-corrected chi connectivity index (χ0v) is 26.4. The summed E-state index contributed by atoms with van der Waals surface area (Å²) in [4.78, 5) is 41.8. The van der Waals surface area contributed by atoms with Crippen LogP contribution in [0.5, 0.6) is 0 Å². The van der Waals surface area contributed by atoms with Crippen molar-refractivity contribution in [1.29, 1.82) is 0 Å². The molecule has 0 saturated carbocycles. The topological polar surface area (TPSA) is 158 Å². The van der Waals surface area contributed by atoms with Crippen LogP contribution in [0.1, 0.15) is 70.4 Å². The van der Waals surface area contributed by atoms with Gasteiger partial charge in [0.25, 0.3) is 5.91 Å². The third-order valence-corrected chi connectivity index (χ3v) is 7.24. The fourth-order valence-electron chi connectivity index (χ4n) is 5.03. The van der Waals surface area contributed by atoms with Crippen molar-refractivity contribution in [2.75, 3.05) is 39.9 Å². The first kappa shape index (κ1) is 32.6. The summed E-state index contributed by atoms with van der Waals surface area (Å²) in [6, 6.07) is 4.38. The van der Waals surface area contributed by atoms with Crippen LogP contribution in [0.15, 0.2) is 30.6 Å². The van der Waals surface area contributed by atoms with Gasteiger partial charge < -0.3 is 24.4 Å². The average molecular weight is 611 g/mol. The first-order chi connectivity index (χ1) is 20.8. The number of hydrogen-bond acceptors (Lipinski definition) is 10. The number of aliphatic hydroxyl groups is 1. The lowest BCUT2D eigenvalue weighted by Crippen LogP contribution is -2.51. The van der Waals surface area contributed by atoms with Gasteiger partial charge in [-0.3, -0.25) is 4.79 Å². The molecule has 1 N–H and O–H groups in total. The van der Waals surface area contributed by atoms with Crippen LogP contribution < -0.4 is 0 Å². The molecule has 1 aliphatic heterocycles. The maximum absolute atomic E-state index is 13.8. The van der Waals surface area contributed by atoms with Gasteiger partial charge in [-0.05, 0) is 58.2 Å². The Hall–Kier alpha value is -4.33. The van der Waals surface area contributed by atoms with E-state index in [1.54, 1.807) is 21.9 Å².